The van der Waals surface area contributed by atoms with Crippen LogP contribution in [0.25, 0.3) is 0 Å². The topological polar surface area (TPSA) is 21.3 Å². The molecule has 0 fully saturated rings. The Morgan fingerprint density at radius 3 is 1.66 bits per heavy atom. The molecule has 0 aromatic heterocycles. The maximum Gasteiger partial charge on any atom is 0.261 e. The van der Waals surface area contributed by atoms with E-state index in [1.165, 1.54) is 16.1 Å². The van der Waals surface area contributed by atoms with E-state index in [1.54, 1.807) is 0 Å². The SMILES string of the molecule is CC(C)(C)[Si](OCCCCNc1ccccc1)(c1ccccc1)c1ccccc1. The molecule has 0 bridgehead atoms. The second kappa shape index (κ2) is 9.90. The number of rotatable bonds is 9. The molecule has 0 aliphatic heterocycles. The molecule has 3 rings (SSSR count). The van der Waals surface area contributed by atoms with Gasteiger partial charge in [0.25, 0.3) is 8.32 Å². The van der Waals surface area contributed by atoms with E-state index >= 15 is 0 Å². The van der Waals surface area contributed by atoms with E-state index in [9.17, 15) is 0 Å². The van der Waals surface area contributed by atoms with Gasteiger partial charge >= 0.3 is 0 Å². The van der Waals surface area contributed by atoms with Crippen molar-refractivity contribution >= 4 is 24.4 Å². The summed E-state index contributed by atoms with van der Waals surface area (Å²) in [5.41, 5.74) is 1.18. The fourth-order valence-electron chi connectivity index (χ4n) is 4.00. The highest BCUT2D eigenvalue weighted by molar-refractivity contribution is 6.99. The predicted octanol–water partition coefficient (Wildman–Crippen LogP) is 5.46. The Balaban J connectivity index is 1.72. The van der Waals surface area contributed by atoms with Crippen LogP contribution in [0, 0.1) is 0 Å². The van der Waals surface area contributed by atoms with Crippen molar-refractivity contribution in [2.75, 3.05) is 18.5 Å². The van der Waals surface area contributed by atoms with Crippen molar-refractivity contribution in [1.82, 2.24) is 0 Å². The summed E-state index contributed by atoms with van der Waals surface area (Å²) in [5, 5.41) is 6.23. The first-order valence-corrected chi connectivity index (χ1v) is 12.5. The first-order chi connectivity index (χ1) is 14.0. The van der Waals surface area contributed by atoms with Gasteiger partial charge in [-0.3, -0.25) is 0 Å². The van der Waals surface area contributed by atoms with Crippen LogP contribution in [0.4, 0.5) is 5.69 Å². The van der Waals surface area contributed by atoms with Crippen molar-refractivity contribution in [3.8, 4) is 0 Å². The number of hydrogen-bond donors (Lipinski definition) is 1. The molecule has 152 valence electrons. The van der Waals surface area contributed by atoms with E-state index in [4.69, 9.17) is 4.43 Å². The van der Waals surface area contributed by atoms with Crippen LogP contribution < -0.4 is 15.7 Å². The van der Waals surface area contributed by atoms with Gasteiger partial charge in [-0.15, -0.1) is 0 Å². The maximum atomic E-state index is 6.93. The molecule has 0 aliphatic rings. The number of nitrogens with one attached hydrogen (secondary N) is 1. The van der Waals surface area contributed by atoms with Gasteiger partial charge < -0.3 is 9.74 Å². The van der Waals surface area contributed by atoms with Gasteiger partial charge in [-0.2, -0.15) is 0 Å². The summed E-state index contributed by atoms with van der Waals surface area (Å²) in [7, 11) is -2.39. The second-order valence-electron chi connectivity index (χ2n) is 8.51. The molecule has 3 aromatic rings. The Morgan fingerprint density at radius 1 is 0.690 bits per heavy atom. The van der Waals surface area contributed by atoms with Crippen LogP contribution in [0.5, 0.6) is 0 Å². The first kappa shape index (κ1) is 21.3. The van der Waals surface area contributed by atoms with E-state index in [1.807, 2.05) is 6.07 Å². The molecule has 3 heteroatoms. The molecule has 0 heterocycles. The van der Waals surface area contributed by atoms with Crippen molar-refractivity contribution in [3.05, 3.63) is 91.0 Å². The van der Waals surface area contributed by atoms with E-state index in [0.29, 0.717) is 0 Å². The Bertz CT molecular complexity index is 805. The molecule has 0 saturated heterocycles. The van der Waals surface area contributed by atoms with E-state index < -0.39 is 8.32 Å². The van der Waals surface area contributed by atoms with Crippen LogP contribution in [-0.2, 0) is 4.43 Å². The number of hydrogen-bond acceptors (Lipinski definition) is 2. The Kier molecular flexibility index (Phi) is 7.29. The number of para-hydroxylation sites is 1. The third-order valence-corrected chi connectivity index (χ3v) is 10.5. The third-order valence-electron chi connectivity index (χ3n) is 5.41. The molecule has 0 saturated carbocycles. The molecular weight excluding hydrogens is 370 g/mol. The third kappa shape index (κ3) is 5.17. The largest absolute Gasteiger partial charge is 0.407 e. The quantitative estimate of drug-likeness (QED) is 0.379. The highest BCUT2D eigenvalue weighted by atomic mass is 28.4. The Labute approximate surface area is 177 Å². The highest BCUT2D eigenvalue weighted by Gasteiger charge is 2.49. The molecule has 29 heavy (non-hydrogen) atoms. The normalized spacial score (nSPS) is 12.0. The fourth-order valence-corrected chi connectivity index (χ4v) is 8.61. The summed E-state index contributed by atoms with van der Waals surface area (Å²) in [6.45, 7) is 8.74. The molecule has 0 atom stereocenters. The Morgan fingerprint density at radius 2 is 1.17 bits per heavy atom. The van der Waals surface area contributed by atoms with Crippen molar-refractivity contribution in [1.29, 1.82) is 0 Å². The number of benzene rings is 3. The summed E-state index contributed by atoms with van der Waals surface area (Å²) in [6.07, 6.45) is 2.14. The van der Waals surface area contributed by atoms with Crippen LogP contribution in [0.3, 0.4) is 0 Å². The zero-order chi connectivity index (χ0) is 20.6. The van der Waals surface area contributed by atoms with Crippen molar-refractivity contribution in [2.45, 2.75) is 38.7 Å². The predicted molar refractivity (Wildman–Crippen MR) is 128 cm³/mol. The van der Waals surface area contributed by atoms with Crippen molar-refractivity contribution < 1.29 is 4.43 Å². The number of anilines is 1. The standard InChI is InChI=1S/C26H33NOSi/c1-26(2,3)29(24-17-9-5-10-18-24,25-19-11-6-12-20-25)28-22-14-13-21-27-23-15-7-4-8-16-23/h4-12,15-20,27H,13-14,21-22H2,1-3H3. The average molecular weight is 404 g/mol. The molecule has 1 N–H and O–H groups in total. The lowest BCUT2D eigenvalue weighted by molar-refractivity contribution is 0.290. The van der Waals surface area contributed by atoms with Gasteiger partial charge in [-0.05, 0) is 40.4 Å². The Hall–Kier alpha value is -2.36. The van der Waals surface area contributed by atoms with Crippen molar-refractivity contribution in [3.63, 3.8) is 0 Å². The van der Waals surface area contributed by atoms with Crippen molar-refractivity contribution in [2.24, 2.45) is 0 Å². The monoisotopic (exact) mass is 403 g/mol. The zero-order valence-corrected chi connectivity index (χ0v) is 18.9. The molecule has 0 radical (unpaired) electrons. The van der Waals surface area contributed by atoms with Gasteiger partial charge in [0.2, 0.25) is 0 Å². The summed E-state index contributed by atoms with van der Waals surface area (Å²) < 4.78 is 6.93. The summed E-state index contributed by atoms with van der Waals surface area (Å²) in [5.74, 6) is 0. The number of unbranched alkanes of at least 4 members (excludes halogenated alkanes) is 1. The first-order valence-electron chi connectivity index (χ1n) is 10.6. The maximum absolute atomic E-state index is 6.93. The lowest BCUT2D eigenvalue weighted by Crippen LogP contribution is -2.66. The van der Waals surface area contributed by atoms with E-state index in [0.717, 1.165) is 26.0 Å². The molecule has 2 nitrogen and oxygen atoms in total. The van der Waals surface area contributed by atoms with Gasteiger partial charge in [0.05, 0.1) is 0 Å². The van der Waals surface area contributed by atoms with Gasteiger partial charge in [0, 0.05) is 18.8 Å². The van der Waals surface area contributed by atoms with Crippen LogP contribution in [0.15, 0.2) is 91.0 Å². The average Bonchev–Trinajstić information content (AvgIpc) is 2.74. The summed E-state index contributed by atoms with van der Waals surface area (Å²) in [6, 6.07) is 32.1. The highest BCUT2D eigenvalue weighted by Crippen LogP contribution is 2.36. The van der Waals surface area contributed by atoms with E-state index in [-0.39, 0.29) is 5.04 Å². The van der Waals surface area contributed by atoms with Gasteiger partial charge in [-0.1, -0.05) is 99.6 Å². The molecule has 0 spiro atoms. The minimum Gasteiger partial charge on any atom is -0.407 e. The second-order valence-corrected chi connectivity index (χ2v) is 12.8. The summed E-state index contributed by atoms with van der Waals surface area (Å²) in [4.78, 5) is 0. The summed E-state index contributed by atoms with van der Waals surface area (Å²) >= 11 is 0. The van der Waals surface area contributed by atoms with Crippen LogP contribution >= 0.6 is 0 Å². The zero-order valence-electron chi connectivity index (χ0n) is 17.9. The van der Waals surface area contributed by atoms with Crippen LogP contribution in [-0.4, -0.2) is 21.5 Å². The smallest absolute Gasteiger partial charge is 0.261 e. The van der Waals surface area contributed by atoms with Crippen LogP contribution in [0.1, 0.15) is 33.6 Å². The van der Waals surface area contributed by atoms with E-state index in [2.05, 4.69) is 111 Å². The molecule has 0 amide bonds. The lowest BCUT2D eigenvalue weighted by atomic mass is 10.2. The fraction of sp³-hybridized carbons (Fsp3) is 0.308. The minimum absolute atomic E-state index is 0.0397. The van der Waals surface area contributed by atoms with Gasteiger partial charge in [0.1, 0.15) is 0 Å². The van der Waals surface area contributed by atoms with Gasteiger partial charge in [0.15, 0.2) is 0 Å². The molecular formula is C26H33NOSi. The lowest BCUT2D eigenvalue weighted by Gasteiger charge is -2.43. The van der Waals surface area contributed by atoms with Crippen LogP contribution in [0.2, 0.25) is 5.04 Å². The minimum atomic E-state index is -2.39. The van der Waals surface area contributed by atoms with Gasteiger partial charge in [-0.25, -0.2) is 0 Å². The molecule has 3 aromatic carbocycles. The molecule has 0 aliphatic carbocycles. The molecule has 0 unspecified atom stereocenters.